The normalized spacial score (nSPS) is 21.8. The number of likely N-dealkylation sites (tertiary alicyclic amines) is 2. The number of nitrogens with one attached hydrogen (secondary N) is 2. The number of rotatable bonds is 8. The molecule has 0 unspecified atom stereocenters. The van der Waals surface area contributed by atoms with Crippen LogP contribution < -0.4 is 10.6 Å². The van der Waals surface area contributed by atoms with Crippen LogP contribution in [-0.2, 0) is 0 Å². The first-order valence-corrected chi connectivity index (χ1v) is 10.2. The lowest BCUT2D eigenvalue weighted by atomic mass is 9.99. The molecule has 0 aromatic rings. The zero-order chi connectivity index (χ0) is 17.0. The fourth-order valence-electron chi connectivity index (χ4n) is 3.69. The van der Waals surface area contributed by atoms with Crippen LogP contribution in [0.15, 0.2) is 4.99 Å². The lowest BCUT2D eigenvalue weighted by Gasteiger charge is -2.30. The molecule has 24 heavy (non-hydrogen) atoms. The molecule has 0 atom stereocenters. The van der Waals surface area contributed by atoms with Gasteiger partial charge in [0.15, 0.2) is 5.96 Å². The average Bonchev–Trinajstić information content (AvgIpc) is 2.62. The molecule has 2 fully saturated rings. The second-order valence-corrected chi connectivity index (χ2v) is 7.56. The van der Waals surface area contributed by atoms with Gasteiger partial charge in [-0.2, -0.15) is 0 Å². The molecule has 2 saturated heterocycles. The van der Waals surface area contributed by atoms with Crippen molar-refractivity contribution in [3.63, 3.8) is 0 Å². The van der Waals surface area contributed by atoms with E-state index in [0.717, 1.165) is 31.5 Å². The van der Waals surface area contributed by atoms with Gasteiger partial charge < -0.3 is 20.4 Å². The Kier molecular flexibility index (Phi) is 9.51. The SMILES string of the molecule is CN=C(NCCCCN1CCC(C)CC1)NCCN1CCCCC1. The van der Waals surface area contributed by atoms with Crippen molar-refractivity contribution in [1.29, 1.82) is 0 Å². The summed E-state index contributed by atoms with van der Waals surface area (Å²) in [5, 5.41) is 6.90. The van der Waals surface area contributed by atoms with Crippen molar-refractivity contribution in [2.75, 3.05) is 59.4 Å². The Morgan fingerprint density at radius 1 is 0.875 bits per heavy atom. The van der Waals surface area contributed by atoms with Gasteiger partial charge in [-0.3, -0.25) is 4.99 Å². The van der Waals surface area contributed by atoms with E-state index in [1.807, 2.05) is 7.05 Å². The minimum atomic E-state index is 0.933. The number of guanidine groups is 1. The molecule has 2 aliphatic heterocycles. The highest BCUT2D eigenvalue weighted by molar-refractivity contribution is 5.79. The minimum Gasteiger partial charge on any atom is -0.356 e. The topological polar surface area (TPSA) is 42.9 Å². The summed E-state index contributed by atoms with van der Waals surface area (Å²) in [6.07, 6.45) is 9.40. The largest absolute Gasteiger partial charge is 0.356 e. The Hall–Kier alpha value is -0.810. The zero-order valence-corrected chi connectivity index (χ0v) is 16.0. The van der Waals surface area contributed by atoms with Crippen LogP contribution in [-0.4, -0.2) is 75.2 Å². The van der Waals surface area contributed by atoms with Gasteiger partial charge in [0, 0.05) is 26.7 Å². The summed E-state index contributed by atoms with van der Waals surface area (Å²) in [4.78, 5) is 9.52. The van der Waals surface area contributed by atoms with Gasteiger partial charge in [-0.25, -0.2) is 0 Å². The van der Waals surface area contributed by atoms with E-state index in [4.69, 9.17) is 0 Å². The van der Waals surface area contributed by atoms with Gasteiger partial charge in [-0.1, -0.05) is 13.3 Å². The maximum atomic E-state index is 4.33. The lowest BCUT2D eigenvalue weighted by Crippen LogP contribution is -2.43. The molecule has 0 spiro atoms. The lowest BCUT2D eigenvalue weighted by molar-refractivity contribution is 0.189. The molecule has 2 heterocycles. The second-order valence-electron chi connectivity index (χ2n) is 7.56. The van der Waals surface area contributed by atoms with E-state index in [2.05, 4.69) is 32.3 Å². The van der Waals surface area contributed by atoms with E-state index in [0.29, 0.717) is 0 Å². The Labute approximate surface area is 149 Å². The van der Waals surface area contributed by atoms with E-state index < -0.39 is 0 Å². The third-order valence-corrected chi connectivity index (χ3v) is 5.46. The average molecular weight is 338 g/mol. The number of hydrogen-bond donors (Lipinski definition) is 2. The maximum absolute atomic E-state index is 4.33. The number of piperidine rings is 2. The molecule has 0 radical (unpaired) electrons. The van der Waals surface area contributed by atoms with Crippen molar-refractivity contribution in [2.45, 2.75) is 51.9 Å². The molecular weight excluding hydrogens is 298 g/mol. The second kappa shape index (κ2) is 11.7. The quantitative estimate of drug-likeness (QED) is 0.405. The fraction of sp³-hybridized carbons (Fsp3) is 0.947. The predicted molar refractivity (Wildman–Crippen MR) is 104 cm³/mol. The molecule has 0 aliphatic carbocycles. The predicted octanol–water partition coefficient (Wildman–Crippen LogP) is 2.15. The monoisotopic (exact) mass is 337 g/mol. The molecular formula is C19H39N5. The van der Waals surface area contributed by atoms with Gasteiger partial charge in [-0.05, 0) is 77.2 Å². The molecule has 0 aromatic heterocycles. The summed E-state index contributed by atoms with van der Waals surface area (Å²) in [6.45, 7) is 11.9. The first kappa shape index (κ1) is 19.5. The molecule has 5 nitrogen and oxygen atoms in total. The van der Waals surface area contributed by atoms with Crippen LogP contribution in [0.1, 0.15) is 51.9 Å². The van der Waals surface area contributed by atoms with E-state index in [9.17, 15) is 0 Å². The molecule has 2 rings (SSSR count). The molecule has 5 heteroatoms. The summed E-state index contributed by atoms with van der Waals surface area (Å²) < 4.78 is 0. The molecule has 2 N–H and O–H groups in total. The van der Waals surface area contributed by atoms with Gasteiger partial charge in [0.1, 0.15) is 0 Å². The third kappa shape index (κ3) is 7.84. The Balaban J connectivity index is 1.46. The van der Waals surface area contributed by atoms with Gasteiger partial charge in [0.2, 0.25) is 0 Å². The third-order valence-electron chi connectivity index (χ3n) is 5.46. The molecule has 0 aromatic carbocycles. The summed E-state index contributed by atoms with van der Waals surface area (Å²) in [6, 6.07) is 0. The van der Waals surface area contributed by atoms with Crippen molar-refractivity contribution in [3.8, 4) is 0 Å². The maximum Gasteiger partial charge on any atom is 0.191 e. The van der Waals surface area contributed by atoms with E-state index in [-0.39, 0.29) is 0 Å². The molecule has 2 aliphatic rings. The summed E-state index contributed by atoms with van der Waals surface area (Å²) in [5.41, 5.74) is 0. The zero-order valence-electron chi connectivity index (χ0n) is 16.0. The van der Waals surface area contributed by atoms with E-state index >= 15 is 0 Å². The van der Waals surface area contributed by atoms with Crippen molar-refractivity contribution >= 4 is 5.96 Å². The van der Waals surface area contributed by atoms with Gasteiger partial charge in [0.05, 0.1) is 0 Å². The highest BCUT2D eigenvalue weighted by Crippen LogP contribution is 2.16. The highest BCUT2D eigenvalue weighted by Gasteiger charge is 2.14. The van der Waals surface area contributed by atoms with Crippen LogP contribution in [0.5, 0.6) is 0 Å². The van der Waals surface area contributed by atoms with Gasteiger partial charge in [-0.15, -0.1) is 0 Å². The highest BCUT2D eigenvalue weighted by atomic mass is 15.2. The Bertz CT molecular complexity index is 344. The van der Waals surface area contributed by atoms with Crippen LogP contribution in [0.2, 0.25) is 0 Å². The van der Waals surface area contributed by atoms with Crippen LogP contribution in [0.25, 0.3) is 0 Å². The Morgan fingerprint density at radius 2 is 1.54 bits per heavy atom. The summed E-state index contributed by atoms with van der Waals surface area (Å²) in [5.74, 6) is 1.89. The molecule has 0 amide bonds. The van der Waals surface area contributed by atoms with Crippen molar-refractivity contribution in [3.05, 3.63) is 0 Å². The number of hydrogen-bond acceptors (Lipinski definition) is 3. The van der Waals surface area contributed by atoms with Crippen LogP contribution in [0, 0.1) is 5.92 Å². The first-order chi connectivity index (χ1) is 11.8. The summed E-state index contributed by atoms with van der Waals surface area (Å²) >= 11 is 0. The summed E-state index contributed by atoms with van der Waals surface area (Å²) in [7, 11) is 1.87. The standard InChI is InChI=1S/C19H39N5/c1-18-8-15-24(16-9-18)14-7-4-10-21-19(20-2)22-11-17-23-12-5-3-6-13-23/h18H,3-17H2,1-2H3,(H2,20,21,22). The smallest absolute Gasteiger partial charge is 0.191 e. The number of unbranched alkanes of at least 4 members (excludes halogenated alkanes) is 1. The van der Waals surface area contributed by atoms with Crippen molar-refractivity contribution in [1.82, 2.24) is 20.4 Å². The first-order valence-electron chi connectivity index (χ1n) is 10.2. The molecule has 0 saturated carbocycles. The Morgan fingerprint density at radius 3 is 2.25 bits per heavy atom. The minimum absolute atomic E-state index is 0.933. The fourth-order valence-corrected chi connectivity index (χ4v) is 3.69. The van der Waals surface area contributed by atoms with Crippen LogP contribution in [0.4, 0.5) is 0 Å². The number of aliphatic imine (C=N–C) groups is 1. The van der Waals surface area contributed by atoms with E-state index in [1.54, 1.807) is 0 Å². The van der Waals surface area contributed by atoms with Crippen molar-refractivity contribution < 1.29 is 0 Å². The number of nitrogens with zero attached hydrogens (tertiary/aromatic N) is 3. The van der Waals surface area contributed by atoms with Gasteiger partial charge >= 0.3 is 0 Å². The van der Waals surface area contributed by atoms with Crippen LogP contribution >= 0.6 is 0 Å². The van der Waals surface area contributed by atoms with E-state index in [1.165, 1.54) is 77.7 Å². The molecule has 140 valence electrons. The molecule has 0 bridgehead atoms. The van der Waals surface area contributed by atoms with Crippen molar-refractivity contribution in [2.24, 2.45) is 10.9 Å². The van der Waals surface area contributed by atoms with Gasteiger partial charge in [0.25, 0.3) is 0 Å². The van der Waals surface area contributed by atoms with Crippen LogP contribution in [0.3, 0.4) is 0 Å².